The van der Waals surface area contributed by atoms with Crippen LogP contribution in [0.4, 0.5) is 0 Å². The first-order valence-electron chi connectivity index (χ1n) is 6.76. The van der Waals surface area contributed by atoms with Gasteiger partial charge >= 0.3 is 111 Å². The summed E-state index contributed by atoms with van der Waals surface area (Å²) in [7, 11) is 0. The van der Waals surface area contributed by atoms with E-state index in [1.54, 1.807) is 0 Å². The van der Waals surface area contributed by atoms with E-state index >= 15 is 0 Å². The van der Waals surface area contributed by atoms with Gasteiger partial charge in [0.1, 0.15) is 0 Å². The van der Waals surface area contributed by atoms with Crippen molar-refractivity contribution >= 4 is 29.5 Å². The minimum atomic E-state index is 0.502. The van der Waals surface area contributed by atoms with E-state index in [9.17, 15) is 0 Å². The summed E-state index contributed by atoms with van der Waals surface area (Å²) >= 11 is 4.43. The minimum absolute atomic E-state index is 0.502. The van der Waals surface area contributed by atoms with E-state index in [1.807, 2.05) is 0 Å². The second-order valence-electron chi connectivity index (χ2n) is 5.08. The summed E-state index contributed by atoms with van der Waals surface area (Å²) in [4.78, 5) is 0. The molecule has 0 nitrogen and oxygen atoms in total. The van der Waals surface area contributed by atoms with Crippen LogP contribution in [-0.4, -0.2) is 28.2 Å². The first-order valence-corrected chi connectivity index (χ1v) is 7.75. The molecule has 0 amide bonds. The Labute approximate surface area is 111 Å². The molecule has 0 fully saturated rings. The molecule has 15 heavy (non-hydrogen) atoms. The third-order valence-electron chi connectivity index (χ3n) is 3.09. The molecule has 0 spiro atoms. The summed E-state index contributed by atoms with van der Waals surface area (Å²) in [5.74, 6) is 1.36. The van der Waals surface area contributed by atoms with Crippen LogP contribution in [0.25, 0.3) is 0 Å². The van der Waals surface area contributed by atoms with E-state index in [4.69, 9.17) is 0 Å². The van der Waals surface area contributed by atoms with Crippen LogP contribution in [0.5, 0.6) is 0 Å². The van der Waals surface area contributed by atoms with E-state index in [1.165, 1.54) is 55.8 Å². The fraction of sp³-hybridized carbons (Fsp3) is 1.00. The van der Waals surface area contributed by atoms with Gasteiger partial charge in [-0.1, -0.05) is 0 Å². The summed E-state index contributed by atoms with van der Waals surface area (Å²) in [6, 6.07) is 0. The summed E-state index contributed by atoms with van der Waals surface area (Å²) in [5.41, 5.74) is 0. The van der Waals surface area contributed by atoms with Crippen molar-refractivity contribution < 1.29 is 0 Å². The van der Waals surface area contributed by atoms with Gasteiger partial charge in [0.25, 0.3) is 0 Å². The molecular formula is C13H27LiS. The van der Waals surface area contributed by atoms with E-state index in [2.05, 4.69) is 50.2 Å². The molecule has 0 radical (unpaired) electrons. The molecule has 0 aliphatic heterocycles. The van der Waals surface area contributed by atoms with Crippen molar-refractivity contribution in [1.82, 2.24) is 0 Å². The van der Waals surface area contributed by atoms with Crippen LogP contribution in [0.1, 0.15) is 65.7 Å². The van der Waals surface area contributed by atoms with Gasteiger partial charge in [-0.2, -0.15) is 0 Å². The van der Waals surface area contributed by atoms with Crippen LogP contribution >= 0.6 is 11.8 Å². The fourth-order valence-corrected chi connectivity index (χ4v) is 2.61. The van der Waals surface area contributed by atoms with Crippen LogP contribution in [0, 0.1) is 0 Å². The second kappa shape index (κ2) is 10.1. The topological polar surface area (TPSA) is 0 Å². The van der Waals surface area contributed by atoms with E-state index in [0.717, 1.165) is 0 Å². The van der Waals surface area contributed by atoms with Gasteiger partial charge in [0.15, 0.2) is 0 Å². The Bertz CT molecular complexity index is 134. The predicted molar refractivity (Wildman–Crippen MR) is 75.1 cm³/mol. The van der Waals surface area contributed by atoms with Crippen molar-refractivity contribution in [3.8, 4) is 0 Å². The zero-order valence-corrected chi connectivity index (χ0v) is 12.1. The summed E-state index contributed by atoms with van der Waals surface area (Å²) < 4.78 is 0.502. The van der Waals surface area contributed by atoms with E-state index in [0.29, 0.717) is 4.75 Å². The van der Waals surface area contributed by atoms with E-state index in [-0.39, 0.29) is 0 Å². The zero-order valence-electron chi connectivity index (χ0n) is 11.3. The van der Waals surface area contributed by atoms with Gasteiger partial charge in [0.05, 0.1) is 0 Å². The SMILES string of the molecule is [Li][CH2]CCCCCCCSC(C)(C)CC. The molecule has 0 atom stereocenters. The van der Waals surface area contributed by atoms with Crippen molar-refractivity contribution in [3.63, 3.8) is 0 Å². The van der Waals surface area contributed by atoms with Crippen LogP contribution in [0.3, 0.4) is 0 Å². The molecule has 86 valence electrons. The van der Waals surface area contributed by atoms with Gasteiger partial charge in [-0.15, -0.1) is 0 Å². The van der Waals surface area contributed by atoms with Gasteiger partial charge in [-0.3, -0.25) is 0 Å². The zero-order chi connectivity index (χ0) is 11.6. The van der Waals surface area contributed by atoms with Crippen LogP contribution < -0.4 is 0 Å². The summed E-state index contributed by atoms with van der Waals surface area (Å²) in [5, 5.41) is 1.36. The monoisotopic (exact) mass is 222 g/mol. The van der Waals surface area contributed by atoms with Crippen molar-refractivity contribution in [3.05, 3.63) is 0 Å². The first-order chi connectivity index (χ1) is 7.12. The van der Waals surface area contributed by atoms with Crippen molar-refractivity contribution in [2.75, 3.05) is 5.75 Å². The number of hydrogen-bond donors (Lipinski definition) is 0. The van der Waals surface area contributed by atoms with Gasteiger partial charge in [0, 0.05) is 0 Å². The molecule has 0 aromatic carbocycles. The van der Waals surface area contributed by atoms with Crippen molar-refractivity contribution in [1.29, 1.82) is 0 Å². The van der Waals surface area contributed by atoms with Crippen molar-refractivity contribution in [2.24, 2.45) is 0 Å². The molecule has 0 aliphatic carbocycles. The number of unbranched alkanes of at least 4 members (excludes halogenated alkanes) is 5. The molecule has 0 unspecified atom stereocenters. The molecule has 0 heterocycles. The molecule has 2 heteroatoms. The average molecular weight is 222 g/mol. The van der Waals surface area contributed by atoms with Crippen molar-refractivity contribution in [2.45, 2.75) is 75.6 Å². The molecule has 0 aliphatic rings. The van der Waals surface area contributed by atoms with Gasteiger partial charge in [0.2, 0.25) is 0 Å². The Morgan fingerprint density at radius 2 is 1.47 bits per heavy atom. The normalized spacial score (nSPS) is 12.1. The Morgan fingerprint density at radius 1 is 0.933 bits per heavy atom. The quantitative estimate of drug-likeness (QED) is 0.376. The van der Waals surface area contributed by atoms with Crippen LogP contribution in [-0.2, 0) is 0 Å². The average Bonchev–Trinajstić information content (AvgIpc) is 2.22. The third kappa shape index (κ3) is 11.2. The molecule has 0 bridgehead atoms. The van der Waals surface area contributed by atoms with Crippen LogP contribution in [0.2, 0.25) is 5.09 Å². The molecule has 0 saturated heterocycles. The fourth-order valence-electron chi connectivity index (χ4n) is 1.51. The Morgan fingerprint density at radius 3 is 2.00 bits per heavy atom. The molecule has 0 rings (SSSR count). The Hall–Kier alpha value is 0.947. The third-order valence-corrected chi connectivity index (χ3v) is 4.66. The van der Waals surface area contributed by atoms with Gasteiger partial charge < -0.3 is 0 Å². The van der Waals surface area contributed by atoms with Gasteiger partial charge in [-0.05, 0) is 0 Å². The predicted octanol–water partition coefficient (Wildman–Crippen LogP) is 4.84. The van der Waals surface area contributed by atoms with E-state index < -0.39 is 0 Å². The molecule has 0 N–H and O–H groups in total. The van der Waals surface area contributed by atoms with Crippen LogP contribution in [0.15, 0.2) is 0 Å². The molecule has 0 aromatic heterocycles. The number of thioether (sulfide) groups is 1. The second-order valence-corrected chi connectivity index (χ2v) is 6.89. The Balaban J connectivity index is 3.11. The maximum absolute atomic E-state index is 2.36. The Kier molecular flexibility index (Phi) is 10.8. The number of hydrogen-bond acceptors (Lipinski definition) is 1. The standard InChI is InChI=1S/C13H27S.Li/c1-5-7-8-9-10-11-12-14-13(3,4)6-2;/h1,5-12H2,2-4H3;. The maximum atomic E-state index is 2.36. The summed E-state index contributed by atoms with van der Waals surface area (Å²) in [6.07, 6.45) is 9.93. The molecular weight excluding hydrogens is 195 g/mol. The number of rotatable bonds is 10. The summed E-state index contributed by atoms with van der Waals surface area (Å²) in [6.45, 7) is 7.01. The molecule has 0 saturated carbocycles. The first kappa shape index (κ1) is 15.9. The van der Waals surface area contributed by atoms with Gasteiger partial charge in [-0.25, -0.2) is 0 Å². The molecule has 0 aromatic rings.